The average Bonchev–Trinajstić information content (AvgIpc) is 3.06. The van der Waals surface area contributed by atoms with E-state index >= 15 is 0 Å². The smallest absolute Gasteiger partial charge is 0.341 e. The number of fused-ring (bicyclic) bond motifs is 3. The van der Waals surface area contributed by atoms with Crippen LogP contribution in [0.3, 0.4) is 0 Å². The summed E-state index contributed by atoms with van der Waals surface area (Å²) in [4.78, 5) is 25.7. The molecule has 7 heteroatoms. The van der Waals surface area contributed by atoms with Gasteiger partial charge >= 0.3 is 5.97 Å². The zero-order valence-electron chi connectivity index (χ0n) is 16.4. The van der Waals surface area contributed by atoms with Gasteiger partial charge in [0.05, 0.1) is 22.6 Å². The topological polar surface area (TPSA) is 97.8 Å². The summed E-state index contributed by atoms with van der Waals surface area (Å²) in [5.74, 6) is -1.12. The lowest BCUT2D eigenvalue weighted by Gasteiger charge is -2.36. The molecule has 152 valence electrons. The fourth-order valence-electron chi connectivity index (χ4n) is 4.53. The van der Waals surface area contributed by atoms with Gasteiger partial charge in [0.15, 0.2) is 6.61 Å². The number of primary amides is 1. The Labute approximate surface area is 168 Å². The number of rotatable bonds is 6. The van der Waals surface area contributed by atoms with Crippen LogP contribution in [0.2, 0.25) is 0 Å². The van der Waals surface area contributed by atoms with Crippen LogP contribution in [0.15, 0.2) is 36.4 Å². The van der Waals surface area contributed by atoms with Gasteiger partial charge in [0.2, 0.25) is 5.91 Å². The summed E-state index contributed by atoms with van der Waals surface area (Å²) in [6.45, 7) is 3.65. The second kappa shape index (κ2) is 7.75. The highest BCUT2D eigenvalue weighted by Crippen LogP contribution is 2.41. The maximum absolute atomic E-state index is 12.2. The molecular formula is C22H25N3O4. The average molecular weight is 395 g/mol. The molecule has 1 aliphatic heterocycles. The van der Waals surface area contributed by atoms with E-state index in [-0.39, 0.29) is 6.17 Å². The molecule has 0 aliphatic carbocycles. The van der Waals surface area contributed by atoms with Gasteiger partial charge in [-0.3, -0.25) is 9.69 Å². The summed E-state index contributed by atoms with van der Waals surface area (Å²) >= 11 is 0. The predicted octanol–water partition coefficient (Wildman–Crippen LogP) is 3.36. The van der Waals surface area contributed by atoms with E-state index in [1.165, 1.54) is 6.42 Å². The number of carboxylic acid groups (broad SMARTS) is 1. The number of piperidine rings is 1. The monoisotopic (exact) mass is 395 g/mol. The maximum atomic E-state index is 12.2. The summed E-state index contributed by atoms with van der Waals surface area (Å²) in [5.41, 5.74) is 7.93. The normalized spacial score (nSPS) is 17.6. The summed E-state index contributed by atoms with van der Waals surface area (Å²) in [7, 11) is 0. The largest absolute Gasteiger partial charge is 0.481 e. The molecule has 0 saturated carbocycles. The number of likely N-dealkylation sites (tertiary alicyclic amines) is 1. The number of hydrogen-bond donors (Lipinski definition) is 2. The van der Waals surface area contributed by atoms with Crippen molar-refractivity contribution in [2.75, 3.05) is 19.7 Å². The number of nitrogens with zero attached hydrogens (tertiary/aromatic N) is 2. The molecule has 0 spiro atoms. The highest BCUT2D eigenvalue weighted by Gasteiger charge is 2.28. The van der Waals surface area contributed by atoms with E-state index in [1.54, 1.807) is 12.1 Å². The molecule has 3 N–H and O–H groups in total. The van der Waals surface area contributed by atoms with Crippen LogP contribution in [-0.4, -0.2) is 46.1 Å². The third-order valence-corrected chi connectivity index (χ3v) is 5.72. The number of benzene rings is 2. The molecule has 0 bridgehead atoms. The van der Waals surface area contributed by atoms with Crippen molar-refractivity contribution in [2.24, 2.45) is 5.73 Å². The van der Waals surface area contributed by atoms with Crippen molar-refractivity contribution in [3.8, 4) is 5.75 Å². The Bertz CT molecular complexity index is 1090. The first-order chi connectivity index (χ1) is 14.0. The first-order valence-corrected chi connectivity index (χ1v) is 9.97. The lowest BCUT2D eigenvalue weighted by atomic mass is 10.1. The van der Waals surface area contributed by atoms with Gasteiger partial charge in [-0.2, -0.15) is 0 Å². The van der Waals surface area contributed by atoms with Gasteiger partial charge in [0, 0.05) is 17.5 Å². The minimum atomic E-state index is -1.05. The number of aromatic nitrogens is 1. The van der Waals surface area contributed by atoms with Gasteiger partial charge in [0.25, 0.3) is 0 Å². The van der Waals surface area contributed by atoms with Crippen molar-refractivity contribution in [2.45, 2.75) is 32.4 Å². The zero-order valence-corrected chi connectivity index (χ0v) is 16.4. The standard InChI is InChI=1S/C22H25N3O4/c1-2-24-12-4-3-11-18(24)25-15-8-5-7-14(22(23)28)20(15)21-16(25)9-6-10-17(21)29-13-19(26)27/h5-10,18H,2-4,11-13H2,1H3,(H2,23,28)(H,26,27). The van der Waals surface area contributed by atoms with Crippen LogP contribution in [0.1, 0.15) is 42.7 Å². The number of carbonyl (C=O) groups excluding carboxylic acids is 1. The Hall–Kier alpha value is -3.06. The SMILES string of the molecule is CCN1CCCCC1n1c2cccc(OCC(=O)O)c2c2c(C(N)=O)cccc21. The maximum Gasteiger partial charge on any atom is 0.341 e. The Morgan fingerprint density at radius 1 is 1.14 bits per heavy atom. The van der Waals surface area contributed by atoms with E-state index in [4.69, 9.17) is 15.6 Å². The highest BCUT2D eigenvalue weighted by atomic mass is 16.5. The molecule has 2 heterocycles. The van der Waals surface area contributed by atoms with Crippen molar-refractivity contribution in [3.63, 3.8) is 0 Å². The molecular weight excluding hydrogens is 370 g/mol. The lowest BCUT2D eigenvalue weighted by Crippen LogP contribution is -2.36. The summed E-state index contributed by atoms with van der Waals surface area (Å²) in [5, 5.41) is 10.5. The van der Waals surface area contributed by atoms with Gasteiger partial charge in [-0.15, -0.1) is 0 Å². The van der Waals surface area contributed by atoms with E-state index < -0.39 is 18.5 Å². The molecule has 1 aliphatic rings. The number of nitrogens with two attached hydrogens (primary N) is 1. The van der Waals surface area contributed by atoms with Gasteiger partial charge < -0.3 is 20.1 Å². The van der Waals surface area contributed by atoms with Crippen LogP contribution in [-0.2, 0) is 4.79 Å². The minimum absolute atomic E-state index is 0.159. The number of carbonyl (C=O) groups is 2. The number of aliphatic carboxylic acids is 1. The second-order valence-electron chi connectivity index (χ2n) is 7.37. The fourth-order valence-corrected chi connectivity index (χ4v) is 4.53. The lowest BCUT2D eigenvalue weighted by molar-refractivity contribution is -0.139. The summed E-state index contributed by atoms with van der Waals surface area (Å²) in [6.07, 6.45) is 3.47. The molecule has 1 amide bonds. The predicted molar refractivity (Wildman–Crippen MR) is 111 cm³/mol. The molecule has 1 fully saturated rings. The number of carboxylic acids is 1. The summed E-state index contributed by atoms with van der Waals surface area (Å²) < 4.78 is 7.86. The van der Waals surface area contributed by atoms with Gasteiger partial charge in [0.1, 0.15) is 5.75 Å². The van der Waals surface area contributed by atoms with Crippen molar-refractivity contribution in [3.05, 3.63) is 42.0 Å². The molecule has 1 aromatic heterocycles. The first kappa shape index (κ1) is 19.3. The number of ether oxygens (including phenoxy) is 1. The second-order valence-corrected chi connectivity index (χ2v) is 7.37. The van der Waals surface area contributed by atoms with Gasteiger partial charge in [-0.05, 0) is 50.1 Å². The Morgan fingerprint density at radius 3 is 2.55 bits per heavy atom. The van der Waals surface area contributed by atoms with Crippen molar-refractivity contribution in [1.82, 2.24) is 9.47 Å². The molecule has 4 rings (SSSR count). The Morgan fingerprint density at radius 2 is 1.86 bits per heavy atom. The first-order valence-electron chi connectivity index (χ1n) is 9.97. The van der Waals surface area contributed by atoms with E-state index in [1.807, 2.05) is 24.3 Å². The Balaban J connectivity index is 2.05. The number of amides is 1. The van der Waals surface area contributed by atoms with Crippen molar-refractivity contribution in [1.29, 1.82) is 0 Å². The molecule has 3 aromatic rings. The van der Waals surface area contributed by atoms with Crippen LogP contribution >= 0.6 is 0 Å². The zero-order chi connectivity index (χ0) is 20.5. The molecule has 0 radical (unpaired) electrons. The van der Waals surface area contributed by atoms with Crippen LogP contribution in [0, 0.1) is 0 Å². The van der Waals surface area contributed by atoms with Crippen LogP contribution < -0.4 is 10.5 Å². The van der Waals surface area contributed by atoms with Crippen LogP contribution in [0.25, 0.3) is 21.8 Å². The van der Waals surface area contributed by atoms with Crippen LogP contribution in [0.4, 0.5) is 0 Å². The van der Waals surface area contributed by atoms with E-state index in [9.17, 15) is 9.59 Å². The third kappa shape index (κ3) is 3.31. The molecule has 1 unspecified atom stereocenters. The molecule has 29 heavy (non-hydrogen) atoms. The molecule has 2 aromatic carbocycles. The van der Waals surface area contributed by atoms with Gasteiger partial charge in [-0.1, -0.05) is 19.1 Å². The van der Waals surface area contributed by atoms with Crippen molar-refractivity contribution >= 4 is 33.7 Å². The van der Waals surface area contributed by atoms with Crippen LogP contribution in [0.5, 0.6) is 5.75 Å². The van der Waals surface area contributed by atoms with E-state index in [0.717, 1.165) is 47.7 Å². The quantitative estimate of drug-likeness (QED) is 0.667. The minimum Gasteiger partial charge on any atom is -0.481 e. The molecule has 7 nitrogen and oxygen atoms in total. The van der Waals surface area contributed by atoms with E-state index in [0.29, 0.717) is 11.3 Å². The summed E-state index contributed by atoms with van der Waals surface area (Å²) in [6, 6.07) is 11.1. The van der Waals surface area contributed by atoms with Gasteiger partial charge in [-0.25, -0.2) is 4.79 Å². The third-order valence-electron chi connectivity index (χ3n) is 5.72. The Kier molecular flexibility index (Phi) is 5.15. The highest BCUT2D eigenvalue weighted by molar-refractivity contribution is 6.19. The fraction of sp³-hybridized carbons (Fsp3) is 0.364. The van der Waals surface area contributed by atoms with Crippen molar-refractivity contribution < 1.29 is 19.4 Å². The van der Waals surface area contributed by atoms with E-state index in [2.05, 4.69) is 16.4 Å². The molecule has 1 saturated heterocycles. The number of hydrogen-bond acceptors (Lipinski definition) is 4. The molecule has 1 atom stereocenters.